The van der Waals surface area contributed by atoms with E-state index in [0.717, 1.165) is 4.60 Å². The predicted octanol–water partition coefficient (Wildman–Crippen LogP) is 2.00. The molecule has 0 aliphatic heterocycles. The van der Waals surface area contributed by atoms with E-state index in [2.05, 4.69) is 20.9 Å². The highest BCUT2D eigenvalue weighted by Gasteiger charge is 1.99. The second-order valence-electron chi connectivity index (χ2n) is 2.17. The van der Waals surface area contributed by atoms with Gasteiger partial charge in [0.2, 0.25) is 0 Å². The molecule has 1 aromatic rings. The van der Waals surface area contributed by atoms with Gasteiger partial charge >= 0.3 is 0 Å². The molecule has 0 saturated heterocycles. The minimum atomic E-state index is -0.818. The van der Waals surface area contributed by atoms with Crippen LogP contribution in [0.15, 0.2) is 17.1 Å². The molecule has 0 aliphatic rings. The van der Waals surface area contributed by atoms with Gasteiger partial charge in [-0.25, -0.2) is 9.37 Å². The molecule has 0 aliphatic carbocycles. The summed E-state index contributed by atoms with van der Waals surface area (Å²) in [4.78, 5) is 3.88. The lowest BCUT2D eigenvalue weighted by Crippen LogP contribution is -2.04. The third-order valence-corrected chi connectivity index (χ3v) is 1.47. The Bertz CT molecular complexity index is 209. The molecule has 2 nitrogen and oxygen atoms in total. The molecule has 0 spiro atoms. The normalized spacial score (nSPS) is 13.5. The van der Waals surface area contributed by atoms with Crippen LogP contribution in [0.4, 0.5) is 4.39 Å². The van der Waals surface area contributed by atoms with Crippen molar-refractivity contribution < 1.29 is 4.39 Å². The van der Waals surface area contributed by atoms with E-state index in [1.165, 1.54) is 6.92 Å². The molecule has 0 bridgehead atoms. The minimum absolute atomic E-state index is 0.374. The van der Waals surface area contributed by atoms with Gasteiger partial charge in [-0.3, -0.25) is 0 Å². The van der Waals surface area contributed by atoms with Crippen LogP contribution in [-0.2, 0) is 6.54 Å². The first-order valence-electron chi connectivity index (χ1n) is 3.00. The molecule has 1 atom stereocenters. The Morgan fingerprint density at radius 3 is 3.00 bits per heavy atom. The average molecular weight is 207 g/mol. The quantitative estimate of drug-likeness (QED) is 0.725. The summed E-state index contributed by atoms with van der Waals surface area (Å²) in [6.45, 7) is 1.90. The standard InChI is InChI=1S/C6H8BrFN2/c1-5(8)2-10-3-6(7)9-4-10/h3-5H,2H2,1H3. The molecule has 56 valence electrons. The maximum Gasteiger partial charge on any atom is 0.124 e. The van der Waals surface area contributed by atoms with Crippen LogP contribution in [0.25, 0.3) is 0 Å². The molecule has 10 heavy (non-hydrogen) atoms. The van der Waals surface area contributed by atoms with Crippen molar-refractivity contribution >= 4 is 15.9 Å². The van der Waals surface area contributed by atoms with Crippen molar-refractivity contribution in [3.63, 3.8) is 0 Å². The topological polar surface area (TPSA) is 17.8 Å². The van der Waals surface area contributed by atoms with Gasteiger partial charge in [0.1, 0.15) is 10.8 Å². The molecule has 0 N–H and O–H groups in total. The van der Waals surface area contributed by atoms with Crippen molar-refractivity contribution in [2.24, 2.45) is 0 Å². The number of alkyl halides is 1. The van der Waals surface area contributed by atoms with E-state index in [9.17, 15) is 4.39 Å². The van der Waals surface area contributed by atoms with Crippen molar-refractivity contribution in [3.8, 4) is 0 Å². The fourth-order valence-corrected chi connectivity index (χ4v) is 1.08. The third kappa shape index (κ3) is 2.10. The SMILES string of the molecule is CC(F)Cn1cnc(Br)c1. The van der Waals surface area contributed by atoms with E-state index in [1.807, 2.05) is 0 Å². The first kappa shape index (κ1) is 7.72. The summed E-state index contributed by atoms with van der Waals surface area (Å²) in [5.41, 5.74) is 0. The molecule has 1 heterocycles. The number of imidazole rings is 1. The zero-order chi connectivity index (χ0) is 7.56. The summed E-state index contributed by atoms with van der Waals surface area (Å²) in [6.07, 6.45) is 2.53. The number of halogens is 2. The molecule has 1 aromatic heterocycles. The van der Waals surface area contributed by atoms with E-state index in [4.69, 9.17) is 0 Å². The van der Waals surface area contributed by atoms with Crippen molar-refractivity contribution in [2.75, 3.05) is 0 Å². The molecule has 0 amide bonds. The van der Waals surface area contributed by atoms with Crippen molar-refractivity contribution in [1.29, 1.82) is 0 Å². The lowest BCUT2D eigenvalue weighted by molar-refractivity contribution is 0.320. The van der Waals surface area contributed by atoms with Crippen LogP contribution in [0.5, 0.6) is 0 Å². The average Bonchev–Trinajstić information content (AvgIpc) is 2.13. The molecule has 4 heteroatoms. The second kappa shape index (κ2) is 3.14. The van der Waals surface area contributed by atoms with Gasteiger partial charge in [0, 0.05) is 6.20 Å². The van der Waals surface area contributed by atoms with Crippen LogP contribution in [0, 0.1) is 0 Å². The molecule has 0 saturated carbocycles. The van der Waals surface area contributed by atoms with Gasteiger partial charge in [0.25, 0.3) is 0 Å². The van der Waals surface area contributed by atoms with Gasteiger partial charge in [0.15, 0.2) is 0 Å². The highest BCUT2D eigenvalue weighted by Crippen LogP contribution is 2.05. The van der Waals surface area contributed by atoms with Crippen LogP contribution in [-0.4, -0.2) is 15.7 Å². The summed E-state index contributed by atoms with van der Waals surface area (Å²) in [5, 5.41) is 0. The van der Waals surface area contributed by atoms with Crippen molar-refractivity contribution in [2.45, 2.75) is 19.6 Å². The van der Waals surface area contributed by atoms with Crippen molar-refractivity contribution in [3.05, 3.63) is 17.1 Å². The van der Waals surface area contributed by atoms with Crippen LogP contribution in [0.2, 0.25) is 0 Å². The predicted molar refractivity (Wildman–Crippen MR) is 40.5 cm³/mol. The molecule has 1 unspecified atom stereocenters. The number of rotatable bonds is 2. The zero-order valence-electron chi connectivity index (χ0n) is 5.59. The fraction of sp³-hybridized carbons (Fsp3) is 0.500. The minimum Gasteiger partial charge on any atom is -0.333 e. The summed E-state index contributed by atoms with van der Waals surface area (Å²) >= 11 is 3.17. The van der Waals surface area contributed by atoms with E-state index < -0.39 is 6.17 Å². The lowest BCUT2D eigenvalue weighted by Gasteiger charge is -2.00. The number of hydrogen-bond donors (Lipinski definition) is 0. The highest BCUT2D eigenvalue weighted by molar-refractivity contribution is 9.10. The van der Waals surface area contributed by atoms with Crippen molar-refractivity contribution in [1.82, 2.24) is 9.55 Å². The van der Waals surface area contributed by atoms with Gasteiger partial charge < -0.3 is 4.57 Å². The van der Waals surface area contributed by atoms with E-state index in [0.29, 0.717) is 6.54 Å². The summed E-state index contributed by atoms with van der Waals surface area (Å²) in [7, 11) is 0. The second-order valence-corrected chi connectivity index (χ2v) is 2.99. The first-order valence-corrected chi connectivity index (χ1v) is 3.79. The first-order chi connectivity index (χ1) is 4.68. The molecular formula is C6H8BrFN2. The number of nitrogens with zero attached hydrogens (tertiary/aromatic N) is 2. The monoisotopic (exact) mass is 206 g/mol. The third-order valence-electron chi connectivity index (χ3n) is 1.06. The largest absolute Gasteiger partial charge is 0.333 e. The lowest BCUT2D eigenvalue weighted by atomic mass is 10.4. The maximum atomic E-state index is 12.3. The van der Waals surface area contributed by atoms with Gasteiger partial charge in [-0.05, 0) is 22.9 Å². The summed E-state index contributed by atoms with van der Waals surface area (Å²) in [6, 6.07) is 0. The van der Waals surface area contributed by atoms with Gasteiger partial charge in [0.05, 0.1) is 12.9 Å². The van der Waals surface area contributed by atoms with Crippen LogP contribution in [0.1, 0.15) is 6.92 Å². The van der Waals surface area contributed by atoms with E-state index in [-0.39, 0.29) is 0 Å². The van der Waals surface area contributed by atoms with E-state index in [1.54, 1.807) is 17.1 Å². The Kier molecular flexibility index (Phi) is 2.43. The van der Waals surface area contributed by atoms with Gasteiger partial charge in [-0.2, -0.15) is 0 Å². The Balaban J connectivity index is 2.58. The Labute approximate surface area is 67.2 Å². The molecular weight excluding hydrogens is 199 g/mol. The fourth-order valence-electron chi connectivity index (χ4n) is 0.723. The number of hydrogen-bond acceptors (Lipinski definition) is 1. The molecule has 1 rings (SSSR count). The Morgan fingerprint density at radius 2 is 2.60 bits per heavy atom. The van der Waals surface area contributed by atoms with Crippen LogP contribution >= 0.6 is 15.9 Å². The Morgan fingerprint density at radius 1 is 1.90 bits per heavy atom. The van der Waals surface area contributed by atoms with E-state index >= 15 is 0 Å². The van der Waals surface area contributed by atoms with Crippen LogP contribution < -0.4 is 0 Å². The maximum absolute atomic E-state index is 12.3. The highest BCUT2D eigenvalue weighted by atomic mass is 79.9. The Hall–Kier alpha value is -0.380. The number of aromatic nitrogens is 2. The van der Waals surface area contributed by atoms with Gasteiger partial charge in [-0.15, -0.1) is 0 Å². The smallest absolute Gasteiger partial charge is 0.124 e. The summed E-state index contributed by atoms with van der Waals surface area (Å²) in [5.74, 6) is 0. The van der Waals surface area contributed by atoms with Crippen LogP contribution in [0.3, 0.4) is 0 Å². The molecule has 0 aromatic carbocycles. The zero-order valence-corrected chi connectivity index (χ0v) is 7.18. The molecule has 0 fully saturated rings. The molecule has 0 radical (unpaired) electrons. The van der Waals surface area contributed by atoms with Gasteiger partial charge in [-0.1, -0.05) is 0 Å². The summed E-state index contributed by atoms with van der Waals surface area (Å²) < 4.78 is 14.8.